The summed E-state index contributed by atoms with van der Waals surface area (Å²) in [5.41, 5.74) is 0. The van der Waals surface area contributed by atoms with Crippen molar-refractivity contribution < 1.29 is 13.6 Å². The SMILES string of the molecule is C=CCC(=O)NS(=O)O. The highest BCUT2D eigenvalue weighted by Crippen LogP contribution is 1.78. The topological polar surface area (TPSA) is 66.4 Å². The third-order valence-corrected chi connectivity index (χ3v) is 0.933. The largest absolute Gasteiger partial charge is 0.289 e. The molecule has 1 amide bonds. The summed E-state index contributed by atoms with van der Waals surface area (Å²) in [5.74, 6) is -0.508. The molecule has 0 fully saturated rings. The molecule has 0 saturated carbocycles. The van der Waals surface area contributed by atoms with Crippen LogP contribution < -0.4 is 4.72 Å². The number of amides is 1. The predicted molar refractivity (Wildman–Crippen MR) is 33.7 cm³/mol. The zero-order chi connectivity index (χ0) is 7.28. The second-order valence-corrected chi connectivity index (χ2v) is 1.97. The van der Waals surface area contributed by atoms with Crippen molar-refractivity contribution in [1.82, 2.24) is 4.72 Å². The average molecular weight is 149 g/mol. The van der Waals surface area contributed by atoms with E-state index in [1.165, 1.54) is 6.08 Å². The van der Waals surface area contributed by atoms with E-state index in [1.807, 2.05) is 0 Å². The second-order valence-electron chi connectivity index (χ2n) is 1.27. The van der Waals surface area contributed by atoms with E-state index in [9.17, 15) is 9.00 Å². The molecule has 0 aliphatic rings. The smallest absolute Gasteiger partial charge is 0.261 e. The molecule has 52 valence electrons. The first kappa shape index (κ1) is 8.32. The summed E-state index contributed by atoms with van der Waals surface area (Å²) in [7, 11) is 0. The van der Waals surface area contributed by atoms with Crippen LogP contribution in [-0.4, -0.2) is 14.7 Å². The number of carbonyl (C=O) groups excluding carboxylic acids is 1. The van der Waals surface area contributed by atoms with Crippen molar-refractivity contribution in [2.45, 2.75) is 6.42 Å². The molecular formula is C4H7NO3S. The molecule has 5 heteroatoms. The first-order valence-electron chi connectivity index (χ1n) is 2.18. The Hall–Kier alpha value is -0.680. The fraction of sp³-hybridized carbons (Fsp3) is 0.250. The lowest BCUT2D eigenvalue weighted by molar-refractivity contribution is -0.118. The van der Waals surface area contributed by atoms with Crippen LogP contribution in [0, 0.1) is 0 Å². The van der Waals surface area contributed by atoms with Gasteiger partial charge in [-0.2, -0.15) is 0 Å². The zero-order valence-electron chi connectivity index (χ0n) is 4.66. The lowest BCUT2D eigenvalue weighted by Gasteiger charge is -1.93. The van der Waals surface area contributed by atoms with Crippen LogP contribution in [0.1, 0.15) is 6.42 Å². The van der Waals surface area contributed by atoms with E-state index in [1.54, 1.807) is 4.72 Å². The fourth-order valence-electron chi connectivity index (χ4n) is 0.270. The molecule has 0 bridgehead atoms. The monoisotopic (exact) mass is 149 g/mol. The van der Waals surface area contributed by atoms with Gasteiger partial charge in [0.25, 0.3) is 11.3 Å². The Labute approximate surface area is 55.4 Å². The molecule has 0 rings (SSSR count). The van der Waals surface area contributed by atoms with Gasteiger partial charge in [0.05, 0.1) is 0 Å². The van der Waals surface area contributed by atoms with Crippen molar-refractivity contribution in [2.24, 2.45) is 0 Å². The van der Waals surface area contributed by atoms with Crippen LogP contribution in [0.5, 0.6) is 0 Å². The minimum atomic E-state index is -2.24. The summed E-state index contributed by atoms with van der Waals surface area (Å²) in [6, 6.07) is 0. The van der Waals surface area contributed by atoms with E-state index in [4.69, 9.17) is 4.55 Å². The Morgan fingerprint density at radius 3 is 2.78 bits per heavy atom. The Bertz CT molecular complexity index is 145. The van der Waals surface area contributed by atoms with Crippen LogP contribution in [0.4, 0.5) is 0 Å². The van der Waals surface area contributed by atoms with Crippen molar-refractivity contribution in [3.8, 4) is 0 Å². The molecule has 0 spiro atoms. The molecule has 0 aromatic heterocycles. The van der Waals surface area contributed by atoms with Crippen molar-refractivity contribution in [1.29, 1.82) is 0 Å². The highest BCUT2D eigenvalue weighted by atomic mass is 32.2. The van der Waals surface area contributed by atoms with E-state index < -0.39 is 17.2 Å². The van der Waals surface area contributed by atoms with Crippen molar-refractivity contribution in [3.05, 3.63) is 12.7 Å². The summed E-state index contributed by atoms with van der Waals surface area (Å²) >= 11 is -2.24. The standard InChI is InChI=1S/C4H7NO3S/c1-2-3-4(6)5-9(7)8/h2H,1,3H2,(H,5,6)(H,7,8). The molecular weight excluding hydrogens is 142 g/mol. The molecule has 9 heavy (non-hydrogen) atoms. The van der Waals surface area contributed by atoms with Gasteiger partial charge in [0, 0.05) is 6.42 Å². The second kappa shape index (κ2) is 4.22. The molecule has 4 nitrogen and oxygen atoms in total. The van der Waals surface area contributed by atoms with E-state index in [-0.39, 0.29) is 6.42 Å². The van der Waals surface area contributed by atoms with Gasteiger partial charge in [-0.1, -0.05) is 6.08 Å². The number of nitrogens with one attached hydrogen (secondary N) is 1. The highest BCUT2D eigenvalue weighted by molar-refractivity contribution is 7.77. The maximum atomic E-state index is 10.3. The number of rotatable bonds is 3. The van der Waals surface area contributed by atoms with Crippen LogP contribution in [-0.2, 0) is 16.1 Å². The summed E-state index contributed by atoms with van der Waals surface area (Å²) in [6.07, 6.45) is 1.41. The van der Waals surface area contributed by atoms with Gasteiger partial charge in [-0.15, -0.1) is 6.58 Å². The lowest BCUT2D eigenvalue weighted by Crippen LogP contribution is -2.23. The number of hydrogen-bond acceptors (Lipinski definition) is 2. The van der Waals surface area contributed by atoms with Gasteiger partial charge in [0.2, 0.25) is 5.91 Å². The molecule has 0 radical (unpaired) electrons. The molecule has 0 aromatic rings. The summed E-state index contributed by atoms with van der Waals surface area (Å²) in [6.45, 7) is 3.27. The van der Waals surface area contributed by atoms with Gasteiger partial charge < -0.3 is 0 Å². The first-order chi connectivity index (χ1) is 4.16. The van der Waals surface area contributed by atoms with Crippen molar-refractivity contribution in [2.75, 3.05) is 0 Å². The molecule has 0 aliphatic heterocycles. The van der Waals surface area contributed by atoms with E-state index in [0.29, 0.717) is 0 Å². The third kappa shape index (κ3) is 5.19. The Morgan fingerprint density at radius 1 is 1.89 bits per heavy atom. The summed E-state index contributed by atoms with van der Waals surface area (Å²) < 4.78 is 19.6. The quantitative estimate of drug-likeness (QED) is 0.432. The summed E-state index contributed by atoms with van der Waals surface area (Å²) in [4.78, 5) is 10.3. The molecule has 0 saturated heterocycles. The Balaban J connectivity index is 3.50. The maximum Gasteiger partial charge on any atom is 0.261 e. The lowest BCUT2D eigenvalue weighted by atomic mass is 10.4. The number of hydrogen-bond donors (Lipinski definition) is 2. The van der Waals surface area contributed by atoms with Gasteiger partial charge in [-0.25, -0.2) is 4.21 Å². The van der Waals surface area contributed by atoms with Crippen LogP contribution in [0.25, 0.3) is 0 Å². The number of carbonyl (C=O) groups is 1. The van der Waals surface area contributed by atoms with E-state index >= 15 is 0 Å². The third-order valence-electron chi connectivity index (χ3n) is 0.531. The summed E-state index contributed by atoms with van der Waals surface area (Å²) in [5, 5.41) is 0. The van der Waals surface area contributed by atoms with Crippen LogP contribution in [0.2, 0.25) is 0 Å². The highest BCUT2D eigenvalue weighted by Gasteiger charge is 1.98. The van der Waals surface area contributed by atoms with Crippen molar-refractivity contribution in [3.63, 3.8) is 0 Å². The van der Waals surface area contributed by atoms with Crippen molar-refractivity contribution >= 4 is 17.2 Å². The first-order valence-corrected chi connectivity index (χ1v) is 3.28. The van der Waals surface area contributed by atoms with E-state index in [0.717, 1.165) is 0 Å². The minimum Gasteiger partial charge on any atom is -0.289 e. The Kier molecular flexibility index (Phi) is 3.90. The van der Waals surface area contributed by atoms with Crippen LogP contribution >= 0.6 is 0 Å². The maximum absolute atomic E-state index is 10.3. The molecule has 0 aromatic carbocycles. The normalized spacial score (nSPS) is 12.1. The van der Waals surface area contributed by atoms with Gasteiger partial charge in [0.15, 0.2) is 0 Å². The average Bonchev–Trinajstić information content (AvgIpc) is 1.63. The van der Waals surface area contributed by atoms with E-state index in [2.05, 4.69) is 6.58 Å². The predicted octanol–water partition coefficient (Wildman–Crippen LogP) is -0.185. The van der Waals surface area contributed by atoms with Gasteiger partial charge in [-0.05, 0) is 0 Å². The Morgan fingerprint density at radius 2 is 2.44 bits per heavy atom. The van der Waals surface area contributed by atoms with Gasteiger partial charge in [-0.3, -0.25) is 14.1 Å². The molecule has 1 unspecified atom stereocenters. The van der Waals surface area contributed by atoms with Gasteiger partial charge >= 0.3 is 0 Å². The van der Waals surface area contributed by atoms with Crippen LogP contribution in [0.3, 0.4) is 0 Å². The zero-order valence-corrected chi connectivity index (χ0v) is 5.48. The fourth-order valence-corrected chi connectivity index (χ4v) is 0.548. The molecule has 2 N–H and O–H groups in total. The molecule has 0 heterocycles. The van der Waals surface area contributed by atoms with Gasteiger partial charge in [0.1, 0.15) is 0 Å². The van der Waals surface area contributed by atoms with Crippen LogP contribution in [0.15, 0.2) is 12.7 Å². The minimum absolute atomic E-state index is 0.0618. The molecule has 0 aliphatic carbocycles. The molecule has 1 atom stereocenters.